The second kappa shape index (κ2) is 5.89. The number of aromatic nitrogens is 1. The zero-order valence-electron chi connectivity index (χ0n) is 11.0. The fourth-order valence-electron chi connectivity index (χ4n) is 1.80. The van der Waals surface area contributed by atoms with Crippen LogP contribution in [0.25, 0.3) is 0 Å². The summed E-state index contributed by atoms with van der Waals surface area (Å²) in [6.45, 7) is 3.92. The van der Waals surface area contributed by atoms with E-state index >= 15 is 0 Å². The third-order valence-corrected chi connectivity index (χ3v) is 3.87. The number of carbonyl (C=O) groups is 1. The first-order valence-electron chi connectivity index (χ1n) is 6.01. The van der Waals surface area contributed by atoms with Crippen LogP contribution in [-0.2, 0) is 0 Å². The second-order valence-electron chi connectivity index (χ2n) is 4.41. The molecule has 1 aromatic carbocycles. The lowest BCUT2D eigenvalue weighted by Gasteiger charge is -2.07. The first-order chi connectivity index (χ1) is 9.08. The van der Waals surface area contributed by atoms with E-state index in [4.69, 9.17) is 5.73 Å². The molecule has 0 unspecified atom stereocenters. The van der Waals surface area contributed by atoms with Gasteiger partial charge in [0.05, 0.1) is 11.3 Å². The van der Waals surface area contributed by atoms with Crippen molar-refractivity contribution >= 4 is 23.4 Å². The van der Waals surface area contributed by atoms with E-state index in [9.17, 15) is 4.79 Å². The summed E-state index contributed by atoms with van der Waals surface area (Å²) < 4.78 is 0. The van der Waals surface area contributed by atoms with Crippen molar-refractivity contribution in [3.63, 3.8) is 0 Å². The number of carbonyl (C=O) groups excluding carboxylic acids is 1. The number of rotatable bonds is 4. The van der Waals surface area contributed by atoms with Crippen molar-refractivity contribution in [2.24, 2.45) is 0 Å². The van der Waals surface area contributed by atoms with Crippen LogP contribution < -0.4 is 5.73 Å². The van der Waals surface area contributed by atoms with Gasteiger partial charge < -0.3 is 5.73 Å². The Balaban J connectivity index is 2.07. The minimum absolute atomic E-state index is 0.0219. The normalized spacial score (nSPS) is 10.4. The standard InChI is InChI=1S/C15H16N2OS/c1-10-3-5-12(6-4-10)19-9-13(18)14-11(2)7-8-17-15(14)16/h3-8H,9H2,1-2H3,(H2,16,17). The summed E-state index contributed by atoms with van der Waals surface area (Å²) in [4.78, 5) is 17.2. The molecular formula is C15H16N2OS. The smallest absolute Gasteiger partial charge is 0.177 e. The van der Waals surface area contributed by atoms with Crippen LogP contribution in [0.3, 0.4) is 0 Å². The van der Waals surface area contributed by atoms with Gasteiger partial charge in [0.1, 0.15) is 5.82 Å². The van der Waals surface area contributed by atoms with Crippen LogP contribution in [0.4, 0.5) is 5.82 Å². The summed E-state index contributed by atoms with van der Waals surface area (Å²) in [5.41, 5.74) is 8.40. The van der Waals surface area contributed by atoms with E-state index in [-0.39, 0.29) is 5.78 Å². The van der Waals surface area contributed by atoms with Crippen molar-refractivity contribution in [2.75, 3.05) is 11.5 Å². The van der Waals surface area contributed by atoms with Crippen LogP contribution in [0.1, 0.15) is 21.5 Å². The number of pyridine rings is 1. The summed E-state index contributed by atoms with van der Waals surface area (Å²) in [5.74, 6) is 0.711. The Hall–Kier alpha value is -1.81. The molecule has 0 aliphatic rings. The van der Waals surface area contributed by atoms with Gasteiger partial charge in [0.15, 0.2) is 5.78 Å². The third-order valence-electron chi connectivity index (χ3n) is 2.86. The predicted octanol–water partition coefficient (Wildman–Crippen LogP) is 3.26. The number of nitrogen functional groups attached to an aromatic ring is 1. The maximum atomic E-state index is 12.2. The molecule has 0 atom stereocenters. The fraction of sp³-hybridized carbons (Fsp3) is 0.200. The Bertz CT molecular complexity index is 573. The number of aryl methyl sites for hydroxylation is 2. The average molecular weight is 272 g/mol. The van der Waals surface area contributed by atoms with Gasteiger partial charge in [-0.1, -0.05) is 17.7 Å². The van der Waals surface area contributed by atoms with Crippen LogP contribution in [0, 0.1) is 13.8 Å². The minimum atomic E-state index is 0.0219. The monoisotopic (exact) mass is 272 g/mol. The molecule has 19 heavy (non-hydrogen) atoms. The number of nitrogens with two attached hydrogens (primary N) is 1. The zero-order chi connectivity index (χ0) is 13.8. The Kier molecular flexibility index (Phi) is 4.22. The quantitative estimate of drug-likeness (QED) is 0.685. The van der Waals surface area contributed by atoms with Gasteiger partial charge in [-0.3, -0.25) is 4.79 Å². The van der Waals surface area contributed by atoms with Gasteiger partial charge in [-0.2, -0.15) is 0 Å². The molecule has 1 aromatic heterocycles. The van der Waals surface area contributed by atoms with Gasteiger partial charge >= 0.3 is 0 Å². The Morgan fingerprint density at radius 2 is 1.89 bits per heavy atom. The molecule has 0 spiro atoms. The summed E-state index contributed by atoms with van der Waals surface area (Å²) >= 11 is 1.52. The molecule has 4 heteroatoms. The minimum Gasteiger partial charge on any atom is -0.383 e. The number of Topliss-reactive ketones (excluding diaryl/α,β-unsaturated/α-hetero) is 1. The SMILES string of the molecule is Cc1ccc(SCC(=O)c2c(C)ccnc2N)cc1. The first-order valence-corrected chi connectivity index (χ1v) is 7.00. The van der Waals surface area contributed by atoms with Crippen molar-refractivity contribution < 1.29 is 4.79 Å². The molecule has 0 bridgehead atoms. The predicted molar refractivity (Wildman–Crippen MR) is 79.6 cm³/mol. The van der Waals surface area contributed by atoms with E-state index in [1.165, 1.54) is 17.3 Å². The molecule has 3 nitrogen and oxygen atoms in total. The number of hydrogen-bond donors (Lipinski definition) is 1. The van der Waals surface area contributed by atoms with Crippen LogP contribution in [0.2, 0.25) is 0 Å². The highest BCUT2D eigenvalue weighted by molar-refractivity contribution is 8.00. The van der Waals surface area contributed by atoms with E-state index in [1.54, 1.807) is 12.3 Å². The molecule has 2 rings (SSSR count). The number of benzene rings is 1. The maximum absolute atomic E-state index is 12.2. The highest BCUT2D eigenvalue weighted by Crippen LogP contribution is 2.22. The van der Waals surface area contributed by atoms with Crippen LogP contribution in [0.5, 0.6) is 0 Å². The van der Waals surface area contributed by atoms with Gasteiger partial charge in [-0.05, 0) is 37.6 Å². The number of hydrogen-bond acceptors (Lipinski definition) is 4. The molecule has 1 heterocycles. The Morgan fingerprint density at radius 1 is 1.21 bits per heavy atom. The first kappa shape index (κ1) is 13.6. The van der Waals surface area contributed by atoms with E-state index in [2.05, 4.69) is 4.98 Å². The Morgan fingerprint density at radius 3 is 2.53 bits per heavy atom. The molecule has 0 amide bonds. The van der Waals surface area contributed by atoms with Crippen molar-refractivity contribution in [1.82, 2.24) is 4.98 Å². The molecule has 0 radical (unpaired) electrons. The lowest BCUT2D eigenvalue weighted by atomic mass is 10.1. The van der Waals surface area contributed by atoms with E-state index in [0.717, 1.165) is 10.5 Å². The zero-order valence-corrected chi connectivity index (χ0v) is 11.8. The Labute approximate surface area is 117 Å². The van der Waals surface area contributed by atoms with E-state index in [1.807, 2.05) is 38.1 Å². The van der Waals surface area contributed by atoms with Gasteiger partial charge in [0.2, 0.25) is 0 Å². The summed E-state index contributed by atoms with van der Waals surface area (Å²) in [6, 6.07) is 9.92. The molecule has 2 N–H and O–H groups in total. The largest absolute Gasteiger partial charge is 0.383 e. The average Bonchev–Trinajstić information content (AvgIpc) is 2.38. The molecule has 0 aliphatic heterocycles. The molecule has 98 valence electrons. The summed E-state index contributed by atoms with van der Waals surface area (Å²) in [5, 5.41) is 0. The van der Waals surface area contributed by atoms with Crippen LogP contribution in [-0.4, -0.2) is 16.5 Å². The van der Waals surface area contributed by atoms with Gasteiger partial charge in [0.25, 0.3) is 0 Å². The number of ketones is 1. The molecule has 0 saturated carbocycles. The fourth-order valence-corrected chi connectivity index (χ4v) is 2.57. The van der Waals surface area contributed by atoms with E-state index in [0.29, 0.717) is 17.1 Å². The highest BCUT2D eigenvalue weighted by atomic mass is 32.2. The number of nitrogens with zero attached hydrogens (tertiary/aromatic N) is 1. The van der Waals surface area contributed by atoms with Crippen molar-refractivity contribution in [3.05, 3.63) is 53.2 Å². The molecule has 0 aliphatic carbocycles. The van der Waals surface area contributed by atoms with Crippen molar-refractivity contribution in [1.29, 1.82) is 0 Å². The van der Waals surface area contributed by atoms with Crippen molar-refractivity contribution in [3.8, 4) is 0 Å². The van der Waals surface area contributed by atoms with Crippen LogP contribution >= 0.6 is 11.8 Å². The van der Waals surface area contributed by atoms with Gasteiger partial charge in [-0.25, -0.2) is 4.98 Å². The molecule has 0 fully saturated rings. The lowest BCUT2D eigenvalue weighted by Crippen LogP contribution is -2.10. The number of thioether (sulfide) groups is 1. The summed E-state index contributed by atoms with van der Waals surface area (Å²) in [7, 11) is 0. The van der Waals surface area contributed by atoms with E-state index < -0.39 is 0 Å². The summed E-state index contributed by atoms with van der Waals surface area (Å²) in [6.07, 6.45) is 1.62. The van der Waals surface area contributed by atoms with Crippen LogP contribution in [0.15, 0.2) is 41.4 Å². The lowest BCUT2D eigenvalue weighted by molar-refractivity contribution is 0.102. The van der Waals surface area contributed by atoms with Gasteiger partial charge in [-0.15, -0.1) is 11.8 Å². The van der Waals surface area contributed by atoms with Gasteiger partial charge in [0, 0.05) is 11.1 Å². The third kappa shape index (κ3) is 3.35. The van der Waals surface area contributed by atoms with Crippen molar-refractivity contribution in [2.45, 2.75) is 18.7 Å². The highest BCUT2D eigenvalue weighted by Gasteiger charge is 2.13. The number of anilines is 1. The molecular weight excluding hydrogens is 256 g/mol. The molecule has 2 aromatic rings. The maximum Gasteiger partial charge on any atom is 0.177 e. The second-order valence-corrected chi connectivity index (χ2v) is 5.46. The topological polar surface area (TPSA) is 56.0 Å². The molecule has 0 saturated heterocycles.